The molecule has 0 aliphatic carbocycles. The predicted octanol–water partition coefficient (Wildman–Crippen LogP) is 1.48. The molecule has 0 unspecified atom stereocenters. The molecule has 2 rings (SSSR count). The third kappa shape index (κ3) is 3.05. The van der Waals surface area contributed by atoms with Crippen molar-refractivity contribution in [3.63, 3.8) is 0 Å². The van der Waals surface area contributed by atoms with Crippen molar-refractivity contribution in [2.45, 2.75) is 43.5 Å². The Morgan fingerprint density at radius 2 is 2.15 bits per heavy atom. The summed E-state index contributed by atoms with van der Waals surface area (Å²) in [5, 5.41) is 0. The standard InChI is InChI=1S/C13H23N3O2S2/c1-4-15-9-12(7-11(15)8-14)20(17,18)16-5-6-19-13(2,3)10-16/h7,9H,4-6,8,10,14H2,1-3H3. The monoisotopic (exact) mass is 317 g/mol. The summed E-state index contributed by atoms with van der Waals surface area (Å²) in [6.45, 7) is 8.36. The second kappa shape index (κ2) is 5.71. The van der Waals surface area contributed by atoms with E-state index in [2.05, 4.69) is 13.8 Å². The van der Waals surface area contributed by atoms with Crippen molar-refractivity contribution in [1.82, 2.24) is 8.87 Å². The van der Waals surface area contributed by atoms with Crippen molar-refractivity contribution in [3.05, 3.63) is 18.0 Å². The van der Waals surface area contributed by atoms with Crippen molar-refractivity contribution in [3.8, 4) is 0 Å². The van der Waals surface area contributed by atoms with Gasteiger partial charge in [-0.05, 0) is 26.8 Å². The van der Waals surface area contributed by atoms with Gasteiger partial charge in [-0.25, -0.2) is 8.42 Å². The maximum absolute atomic E-state index is 12.7. The fraction of sp³-hybridized carbons (Fsp3) is 0.692. The molecule has 1 aliphatic heterocycles. The third-order valence-corrected chi connectivity index (χ3v) is 6.65. The van der Waals surface area contributed by atoms with Crippen LogP contribution in [0.25, 0.3) is 0 Å². The molecule has 0 bridgehead atoms. The number of nitrogens with zero attached hydrogens (tertiary/aromatic N) is 2. The van der Waals surface area contributed by atoms with Crippen LogP contribution in [0.5, 0.6) is 0 Å². The minimum atomic E-state index is -3.41. The van der Waals surface area contributed by atoms with E-state index in [0.717, 1.165) is 18.0 Å². The highest BCUT2D eigenvalue weighted by Crippen LogP contribution is 2.32. The van der Waals surface area contributed by atoms with Crippen LogP contribution in [0.1, 0.15) is 26.5 Å². The van der Waals surface area contributed by atoms with Crippen molar-refractivity contribution in [1.29, 1.82) is 0 Å². The van der Waals surface area contributed by atoms with Gasteiger partial charge >= 0.3 is 0 Å². The number of sulfonamides is 1. The number of nitrogens with two attached hydrogens (primary N) is 1. The number of hydrogen-bond donors (Lipinski definition) is 1. The lowest BCUT2D eigenvalue weighted by atomic mass is 10.2. The zero-order valence-electron chi connectivity index (χ0n) is 12.3. The number of aryl methyl sites for hydroxylation is 1. The fourth-order valence-corrected chi connectivity index (χ4v) is 5.44. The summed E-state index contributed by atoms with van der Waals surface area (Å²) in [5.41, 5.74) is 6.53. The molecule has 0 aromatic carbocycles. The Bertz CT molecular complexity index is 557. The van der Waals surface area contributed by atoms with E-state index in [-0.39, 0.29) is 4.75 Å². The van der Waals surface area contributed by atoms with Gasteiger partial charge in [-0.15, -0.1) is 0 Å². The molecule has 1 aromatic heterocycles. The molecule has 114 valence electrons. The Morgan fingerprint density at radius 3 is 2.65 bits per heavy atom. The number of rotatable bonds is 4. The minimum Gasteiger partial charge on any atom is -0.349 e. The molecule has 2 N–H and O–H groups in total. The lowest BCUT2D eigenvalue weighted by Crippen LogP contribution is -2.45. The summed E-state index contributed by atoms with van der Waals surface area (Å²) in [6.07, 6.45) is 1.70. The first kappa shape index (κ1) is 15.9. The molecule has 5 nitrogen and oxygen atoms in total. The first-order chi connectivity index (χ1) is 9.30. The topological polar surface area (TPSA) is 68.3 Å². The van der Waals surface area contributed by atoms with Gasteiger partial charge in [0.2, 0.25) is 10.0 Å². The summed E-state index contributed by atoms with van der Waals surface area (Å²) in [7, 11) is -3.41. The molecule has 0 spiro atoms. The van der Waals surface area contributed by atoms with Gasteiger partial charge < -0.3 is 10.3 Å². The van der Waals surface area contributed by atoms with Crippen LogP contribution in [0.15, 0.2) is 17.2 Å². The van der Waals surface area contributed by atoms with E-state index in [4.69, 9.17) is 5.73 Å². The van der Waals surface area contributed by atoms with Gasteiger partial charge in [-0.1, -0.05) is 0 Å². The van der Waals surface area contributed by atoms with Crippen molar-refractivity contribution >= 4 is 21.8 Å². The van der Waals surface area contributed by atoms with E-state index in [0.29, 0.717) is 24.5 Å². The molecule has 2 heterocycles. The maximum Gasteiger partial charge on any atom is 0.244 e. The van der Waals surface area contributed by atoms with Gasteiger partial charge in [0.05, 0.1) is 0 Å². The molecule has 0 amide bonds. The van der Waals surface area contributed by atoms with Gasteiger partial charge in [-0.2, -0.15) is 16.1 Å². The molecule has 0 saturated carbocycles. The molecule has 1 fully saturated rings. The van der Waals surface area contributed by atoms with Crippen LogP contribution < -0.4 is 5.73 Å². The quantitative estimate of drug-likeness (QED) is 0.913. The third-order valence-electron chi connectivity index (χ3n) is 3.54. The molecular weight excluding hydrogens is 294 g/mol. The lowest BCUT2D eigenvalue weighted by Gasteiger charge is -2.36. The van der Waals surface area contributed by atoms with Gasteiger partial charge in [0.25, 0.3) is 0 Å². The Labute approximate surface area is 125 Å². The normalized spacial score (nSPS) is 20.2. The average Bonchev–Trinajstić information content (AvgIpc) is 2.81. The molecule has 0 radical (unpaired) electrons. The summed E-state index contributed by atoms with van der Waals surface area (Å²) in [4.78, 5) is 0.363. The molecule has 1 aromatic rings. The summed E-state index contributed by atoms with van der Waals surface area (Å²) in [5.74, 6) is 0.838. The van der Waals surface area contributed by atoms with Gasteiger partial charge in [0.1, 0.15) is 4.90 Å². The summed E-state index contributed by atoms with van der Waals surface area (Å²) >= 11 is 1.82. The largest absolute Gasteiger partial charge is 0.349 e. The highest BCUT2D eigenvalue weighted by molar-refractivity contribution is 8.00. The summed E-state index contributed by atoms with van der Waals surface area (Å²) < 4.78 is 28.9. The Hall–Kier alpha value is -0.500. The van der Waals surface area contributed by atoms with E-state index >= 15 is 0 Å². The predicted molar refractivity (Wildman–Crippen MR) is 83.3 cm³/mol. The second-order valence-electron chi connectivity index (χ2n) is 5.60. The van der Waals surface area contributed by atoms with Crippen LogP contribution in [0.4, 0.5) is 0 Å². The smallest absolute Gasteiger partial charge is 0.244 e. The molecule has 7 heteroatoms. The van der Waals surface area contributed by atoms with Crippen molar-refractivity contribution < 1.29 is 8.42 Å². The average molecular weight is 317 g/mol. The Kier molecular flexibility index (Phi) is 4.53. The lowest BCUT2D eigenvalue weighted by molar-refractivity contribution is 0.387. The highest BCUT2D eigenvalue weighted by atomic mass is 32.2. The fourth-order valence-electron chi connectivity index (χ4n) is 2.46. The van der Waals surface area contributed by atoms with Crippen LogP contribution in [-0.2, 0) is 23.1 Å². The van der Waals surface area contributed by atoms with E-state index in [9.17, 15) is 8.42 Å². The first-order valence-corrected chi connectivity index (χ1v) is 9.26. The van der Waals surface area contributed by atoms with Crippen LogP contribution in [0.2, 0.25) is 0 Å². The van der Waals surface area contributed by atoms with E-state index in [1.165, 1.54) is 0 Å². The Balaban J connectivity index is 2.32. The van der Waals surface area contributed by atoms with Gasteiger partial charge in [-0.3, -0.25) is 0 Å². The summed E-state index contributed by atoms with van der Waals surface area (Å²) in [6, 6.07) is 1.70. The van der Waals surface area contributed by atoms with Crippen molar-refractivity contribution in [2.24, 2.45) is 5.73 Å². The molecule has 0 atom stereocenters. The zero-order valence-corrected chi connectivity index (χ0v) is 13.9. The minimum absolute atomic E-state index is 0.0324. The molecule has 1 aliphatic rings. The van der Waals surface area contributed by atoms with Crippen molar-refractivity contribution in [2.75, 3.05) is 18.8 Å². The van der Waals surface area contributed by atoms with E-state index in [1.807, 2.05) is 23.3 Å². The number of hydrogen-bond acceptors (Lipinski definition) is 4. The van der Waals surface area contributed by atoms with Gasteiger partial charge in [0.15, 0.2) is 0 Å². The first-order valence-electron chi connectivity index (χ1n) is 6.83. The van der Waals surface area contributed by atoms with Crippen LogP contribution in [-0.4, -0.2) is 40.9 Å². The molecular formula is C13H23N3O2S2. The SMILES string of the molecule is CCn1cc(S(=O)(=O)N2CCSC(C)(C)C2)cc1CN. The second-order valence-corrected chi connectivity index (χ2v) is 9.34. The highest BCUT2D eigenvalue weighted by Gasteiger charge is 2.35. The van der Waals surface area contributed by atoms with E-state index < -0.39 is 10.0 Å². The van der Waals surface area contributed by atoms with Gasteiger partial charge in [0, 0.05) is 48.6 Å². The van der Waals surface area contributed by atoms with Crippen LogP contribution in [0, 0.1) is 0 Å². The Morgan fingerprint density at radius 1 is 1.45 bits per heavy atom. The zero-order chi connectivity index (χ0) is 15.0. The molecule has 20 heavy (non-hydrogen) atoms. The number of aromatic nitrogens is 1. The molecule has 1 saturated heterocycles. The van der Waals surface area contributed by atoms with Crippen LogP contribution >= 0.6 is 11.8 Å². The van der Waals surface area contributed by atoms with E-state index in [1.54, 1.807) is 16.6 Å². The number of thioether (sulfide) groups is 1. The maximum atomic E-state index is 12.7. The van der Waals surface area contributed by atoms with Crippen LogP contribution in [0.3, 0.4) is 0 Å².